The van der Waals surface area contributed by atoms with Gasteiger partial charge in [-0.15, -0.1) is 11.3 Å². The molecule has 0 bridgehead atoms. The van der Waals surface area contributed by atoms with E-state index in [0.29, 0.717) is 0 Å². The van der Waals surface area contributed by atoms with Crippen LogP contribution in [0.3, 0.4) is 0 Å². The molecular weight excluding hydrogens is 274 g/mol. The van der Waals surface area contributed by atoms with Crippen LogP contribution in [0.15, 0.2) is 34.4 Å². The van der Waals surface area contributed by atoms with E-state index in [1.807, 2.05) is 13.1 Å². The van der Waals surface area contributed by atoms with Crippen molar-refractivity contribution in [3.63, 3.8) is 0 Å². The Morgan fingerprint density at radius 3 is 2.80 bits per heavy atom. The molecule has 0 radical (unpaired) electrons. The minimum atomic E-state index is 0.176. The average Bonchev–Trinajstić information content (AvgIpc) is 2.68. The lowest BCUT2D eigenvalue weighted by molar-refractivity contribution is 0.694. The first-order valence-corrected chi connectivity index (χ1v) is 6.17. The molecule has 0 saturated heterocycles. The van der Waals surface area contributed by atoms with Gasteiger partial charge in [0.1, 0.15) is 0 Å². The maximum atomic E-state index is 3.89. The minimum absolute atomic E-state index is 0.176. The highest BCUT2D eigenvalue weighted by molar-refractivity contribution is 9.10. The average molecular weight is 284 g/mol. The van der Waals surface area contributed by atoms with Gasteiger partial charge in [0.25, 0.3) is 0 Å². The first-order chi connectivity index (χ1) is 7.33. The first kappa shape index (κ1) is 10.7. The normalized spacial score (nSPS) is 12.7. The molecule has 5 heteroatoms. The van der Waals surface area contributed by atoms with Crippen LogP contribution < -0.4 is 5.32 Å². The molecule has 0 aliphatic heterocycles. The van der Waals surface area contributed by atoms with Crippen molar-refractivity contribution in [1.29, 1.82) is 0 Å². The Morgan fingerprint density at radius 2 is 2.27 bits per heavy atom. The minimum Gasteiger partial charge on any atom is -0.309 e. The van der Waals surface area contributed by atoms with Gasteiger partial charge in [-0.2, -0.15) is 10.2 Å². The summed E-state index contributed by atoms with van der Waals surface area (Å²) in [5.41, 5.74) is 1.12. The van der Waals surface area contributed by atoms with Crippen LogP contribution in [0.2, 0.25) is 0 Å². The standard InChI is InChI=1S/C10H10BrN3S/c1-12-9(7-2-4-13-14-6-7)10-8(11)3-5-15-10/h2-6,9,12H,1H3. The summed E-state index contributed by atoms with van der Waals surface area (Å²) in [6.07, 6.45) is 3.49. The third-order valence-corrected chi connectivity index (χ3v) is 4.07. The van der Waals surface area contributed by atoms with Gasteiger partial charge in [-0.25, -0.2) is 0 Å². The Kier molecular flexibility index (Phi) is 3.45. The Balaban J connectivity index is 2.37. The van der Waals surface area contributed by atoms with E-state index in [4.69, 9.17) is 0 Å². The fourth-order valence-electron chi connectivity index (χ4n) is 1.43. The number of halogens is 1. The van der Waals surface area contributed by atoms with Crippen LogP contribution >= 0.6 is 27.3 Å². The highest BCUT2D eigenvalue weighted by Gasteiger charge is 2.16. The number of hydrogen-bond donors (Lipinski definition) is 1. The largest absolute Gasteiger partial charge is 0.309 e. The number of hydrogen-bond acceptors (Lipinski definition) is 4. The molecule has 0 aromatic carbocycles. The SMILES string of the molecule is CNC(c1ccnnc1)c1sccc1Br. The van der Waals surface area contributed by atoms with Crippen molar-refractivity contribution >= 4 is 27.3 Å². The van der Waals surface area contributed by atoms with E-state index in [0.717, 1.165) is 10.0 Å². The van der Waals surface area contributed by atoms with Crippen molar-refractivity contribution in [3.05, 3.63) is 44.8 Å². The van der Waals surface area contributed by atoms with Crippen LogP contribution in [0.4, 0.5) is 0 Å². The second-order valence-electron chi connectivity index (χ2n) is 3.03. The van der Waals surface area contributed by atoms with Crippen molar-refractivity contribution < 1.29 is 0 Å². The summed E-state index contributed by atoms with van der Waals surface area (Å²) in [6.45, 7) is 0. The van der Waals surface area contributed by atoms with Crippen LogP contribution in [-0.4, -0.2) is 17.2 Å². The molecule has 0 spiro atoms. The molecular formula is C10H10BrN3S. The molecule has 0 aliphatic rings. The maximum absolute atomic E-state index is 3.89. The van der Waals surface area contributed by atoms with Gasteiger partial charge in [-0.3, -0.25) is 0 Å². The summed E-state index contributed by atoms with van der Waals surface area (Å²) < 4.78 is 1.13. The van der Waals surface area contributed by atoms with Crippen molar-refractivity contribution in [3.8, 4) is 0 Å². The number of thiophene rings is 1. The summed E-state index contributed by atoms with van der Waals surface area (Å²) in [5, 5.41) is 13.0. The molecule has 2 rings (SSSR count). The number of aromatic nitrogens is 2. The lowest BCUT2D eigenvalue weighted by Crippen LogP contribution is -2.17. The second kappa shape index (κ2) is 4.83. The van der Waals surface area contributed by atoms with Gasteiger partial charge in [0.2, 0.25) is 0 Å². The van der Waals surface area contributed by atoms with Gasteiger partial charge in [-0.1, -0.05) is 0 Å². The van der Waals surface area contributed by atoms with Gasteiger partial charge in [0.05, 0.1) is 12.2 Å². The molecule has 0 fully saturated rings. The Bertz CT molecular complexity index is 429. The molecule has 2 heterocycles. The predicted octanol–water partition coefficient (Wildman–Crippen LogP) is 2.61. The van der Waals surface area contributed by atoms with Gasteiger partial charge >= 0.3 is 0 Å². The van der Waals surface area contributed by atoms with E-state index in [9.17, 15) is 0 Å². The Morgan fingerprint density at radius 1 is 1.40 bits per heavy atom. The van der Waals surface area contributed by atoms with Crippen LogP contribution in [0.25, 0.3) is 0 Å². The van der Waals surface area contributed by atoms with E-state index in [1.54, 1.807) is 23.7 Å². The molecule has 15 heavy (non-hydrogen) atoms. The lowest BCUT2D eigenvalue weighted by Gasteiger charge is -2.14. The zero-order valence-electron chi connectivity index (χ0n) is 8.14. The van der Waals surface area contributed by atoms with Gasteiger partial charge in [0, 0.05) is 15.5 Å². The zero-order valence-corrected chi connectivity index (χ0v) is 10.5. The molecule has 2 aromatic heterocycles. The van der Waals surface area contributed by atoms with Crippen molar-refractivity contribution in [2.45, 2.75) is 6.04 Å². The lowest BCUT2D eigenvalue weighted by atomic mass is 10.1. The highest BCUT2D eigenvalue weighted by atomic mass is 79.9. The van der Waals surface area contributed by atoms with Crippen molar-refractivity contribution in [2.75, 3.05) is 7.05 Å². The first-order valence-electron chi connectivity index (χ1n) is 4.49. The number of rotatable bonds is 3. The van der Waals surface area contributed by atoms with E-state index in [2.05, 4.69) is 42.9 Å². The smallest absolute Gasteiger partial charge is 0.0696 e. The molecule has 3 nitrogen and oxygen atoms in total. The van der Waals surface area contributed by atoms with Crippen LogP contribution in [-0.2, 0) is 0 Å². The van der Waals surface area contributed by atoms with E-state index >= 15 is 0 Å². The van der Waals surface area contributed by atoms with Gasteiger partial charge in [-0.05, 0) is 46.1 Å². The predicted molar refractivity (Wildman–Crippen MR) is 65.0 cm³/mol. The third-order valence-electron chi connectivity index (χ3n) is 2.14. The molecule has 0 amide bonds. The second-order valence-corrected chi connectivity index (χ2v) is 4.83. The zero-order chi connectivity index (χ0) is 10.7. The fourth-order valence-corrected chi connectivity index (χ4v) is 3.17. The van der Waals surface area contributed by atoms with E-state index in [-0.39, 0.29) is 6.04 Å². The monoisotopic (exact) mass is 283 g/mol. The summed E-state index contributed by atoms with van der Waals surface area (Å²) in [5.74, 6) is 0. The van der Waals surface area contributed by atoms with Crippen LogP contribution in [0.5, 0.6) is 0 Å². The molecule has 78 valence electrons. The fraction of sp³-hybridized carbons (Fsp3) is 0.200. The van der Waals surface area contributed by atoms with E-state index in [1.165, 1.54) is 4.88 Å². The molecule has 2 aromatic rings. The quantitative estimate of drug-likeness (QED) is 0.941. The summed E-state index contributed by atoms with van der Waals surface area (Å²) in [6, 6.07) is 4.20. The molecule has 1 unspecified atom stereocenters. The molecule has 1 atom stereocenters. The van der Waals surface area contributed by atoms with E-state index < -0.39 is 0 Å². The topological polar surface area (TPSA) is 37.8 Å². The molecule has 0 aliphatic carbocycles. The number of nitrogens with zero attached hydrogens (tertiary/aromatic N) is 2. The van der Waals surface area contributed by atoms with Gasteiger partial charge < -0.3 is 5.32 Å². The summed E-state index contributed by atoms with van der Waals surface area (Å²) in [7, 11) is 1.94. The van der Waals surface area contributed by atoms with Crippen molar-refractivity contribution in [1.82, 2.24) is 15.5 Å². The Labute approximate surface area is 101 Å². The summed E-state index contributed by atoms with van der Waals surface area (Å²) >= 11 is 5.26. The number of nitrogens with one attached hydrogen (secondary N) is 1. The molecule has 0 saturated carbocycles. The van der Waals surface area contributed by atoms with Crippen LogP contribution in [0.1, 0.15) is 16.5 Å². The highest BCUT2D eigenvalue weighted by Crippen LogP contribution is 2.32. The maximum Gasteiger partial charge on any atom is 0.0696 e. The molecule has 1 N–H and O–H groups in total. The Hall–Kier alpha value is -0.780. The van der Waals surface area contributed by atoms with Gasteiger partial charge in [0.15, 0.2) is 0 Å². The van der Waals surface area contributed by atoms with Crippen LogP contribution in [0, 0.1) is 0 Å². The van der Waals surface area contributed by atoms with Crippen molar-refractivity contribution in [2.24, 2.45) is 0 Å². The summed E-state index contributed by atoms with van der Waals surface area (Å²) in [4.78, 5) is 1.26. The third kappa shape index (κ3) is 2.25.